The number of imide groups is 2. The van der Waals surface area contributed by atoms with Crippen molar-refractivity contribution in [3.8, 4) is 0 Å². The summed E-state index contributed by atoms with van der Waals surface area (Å²) in [6.07, 6.45) is 3.90. The molecule has 1 aromatic carbocycles. The molecule has 5 rings (SSSR count). The van der Waals surface area contributed by atoms with Crippen LogP contribution in [0.4, 0.5) is 0 Å². The first-order chi connectivity index (χ1) is 14.8. The molecule has 3 aliphatic heterocycles. The molecule has 9 heteroatoms. The maximum atomic E-state index is 12.9. The number of carbonyl (C=O) groups excluding carboxylic acids is 4. The van der Waals surface area contributed by atoms with Gasteiger partial charge in [-0.05, 0) is 49.8 Å². The number of nitrogens with zero attached hydrogens (tertiary/aromatic N) is 1. The fraction of sp³-hybridized carbons (Fsp3) is 0.545. The Kier molecular flexibility index (Phi) is 4.91. The molecule has 2 unspecified atom stereocenters. The standard InChI is InChI=1S/C22H26N4O5/c23-13-8-22(9-13)10-14(5-6-31-22)24-11-12-1-2-15-16(7-12)21(30)26(20(15)29)17-3-4-18(27)25-19(17)28/h1-2,7,13-14,17,24H,3-6,8-11,23H2,(H,25,27,28). The van der Waals surface area contributed by atoms with E-state index in [9.17, 15) is 19.2 Å². The average Bonchev–Trinajstić information content (AvgIpc) is 2.96. The number of carbonyl (C=O) groups is 4. The molecule has 164 valence electrons. The zero-order valence-electron chi connectivity index (χ0n) is 17.2. The molecule has 0 aromatic heterocycles. The van der Waals surface area contributed by atoms with Crippen molar-refractivity contribution in [3.05, 3.63) is 34.9 Å². The van der Waals surface area contributed by atoms with Crippen molar-refractivity contribution in [1.29, 1.82) is 0 Å². The van der Waals surface area contributed by atoms with E-state index in [0.717, 1.165) is 36.1 Å². The summed E-state index contributed by atoms with van der Waals surface area (Å²) in [6.45, 7) is 1.28. The summed E-state index contributed by atoms with van der Waals surface area (Å²) in [5.74, 6) is -1.95. The topological polar surface area (TPSA) is 131 Å². The number of rotatable bonds is 4. The first-order valence-corrected chi connectivity index (χ1v) is 10.8. The summed E-state index contributed by atoms with van der Waals surface area (Å²) in [4.78, 5) is 50.3. The zero-order chi connectivity index (χ0) is 21.8. The van der Waals surface area contributed by atoms with Crippen molar-refractivity contribution < 1.29 is 23.9 Å². The smallest absolute Gasteiger partial charge is 0.262 e. The van der Waals surface area contributed by atoms with Crippen LogP contribution in [0.5, 0.6) is 0 Å². The maximum absolute atomic E-state index is 12.9. The highest BCUT2D eigenvalue weighted by molar-refractivity contribution is 6.23. The first-order valence-electron chi connectivity index (χ1n) is 10.8. The van der Waals surface area contributed by atoms with Gasteiger partial charge in [-0.1, -0.05) is 6.07 Å². The zero-order valence-corrected chi connectivity index (χ0v) is 17.2. The summed E-state index contributed by atoms with van der Waals surface area (Å²) >= 11 is 0. The number of nitrogens with one attached hydrogen (secondary N) is 2. The summed E-state index contributed by atoms with van der Waals surface area (Å²) < 4.78 is 5.96. The molecule has 4 aliphatic rings. The molecule has 1 spiro atoms. The Labute approximate surface area is 179 Å². The molecule has 0 bridgehead atoms. The van der Waals surface area contributed by atoms with Gasteiger partial charge in [-0.2, -0.15) is 0 Å². The van der Waals surface area contributed by atoms with Crippen molar-refractivity contribution in [1.82, 2.24) is 15.5 Å². The third-order valence-electron chi connectivity index (χ3n) is 6.86. The third-order valence-corrected chi connectivity index (χ3v) is 6.86. The van der Waals surface area contributed by atoms with Crippen molar-refractivity contribution in [2.24, 2.45) is 5.73 Å². The van der Waals surface area contributed by atoms with E-state index in [2.05, 4.69) is 10.6 Å². The highest BCUT2D eigenvalue weighted by Gasteiger charge is 2.47. The van der Waals surface area contributed by atoms with E-state index < -0.39 is 23.8 Å². The largest absolute Gasteiger partial charge is 0.375 e. The van der Waals surface area contributed by atoms with E-state index in [4.69, 9.17) is 10.5 Å². The number of nitrogens with two attached hydrogens (primary N) is 1. The summed E-state index contributed by atoms with van der Waals surface area (Å²) in [6, 6.07) is 4.80. The van der Waals surface area contributed by atoms with Gasteiger partial charge < -0.3 is 15.8 Å². The monoisotopic (exact) mass is 426 g/mol. The highest BCUT2D eigenvalue weighted by Crippen LogP contribution is 2.41. The summed E-state index contributed by atoms with van der Waals surface area (Å²) in [7, 11) is 0. The van der Waals surface area contributed by atoms with E-state index in [0.29, 0.717) is 30.3 Å². The molecule has 4 N–H and O–H groups in total. The van der Waals surface area contributed by atoms with Crippen LogP contribution in [0.15, 0.2) is 18.2 Å². The number of piperidine rings is 1. The fourth-order valence-electron chi connectivity index (χ4n) is 5.27. The lowest BCUT2D eigenvalue weighted by Gasteiger charge is -2.50. The Bertz CT molecular complexity index is 965. The average molecular weight is 426 g/mol. The van der Waals surface area contributed by atoms with Gasteiger partial charge in [0.25, 0.3) is 11.8 Å². The molecule has 0 radical (unpaired) electrons. The van der Waals surface area contributed by atoms with Crippen molar-refractivity contribution in [2.75, 3.05) is 6.61 Å². The van der Waals surface area contributed by atoms with Crippen LogP contribution in [0.2, 0.25) is 0 Å². The molecule has 9 nitrogen and oxygen atoms in total. The van der Waals surface area contributed by atoms with Crippen LogP contribution in [-0.2, 0) is 20.9 Å². The van der Waals surface area contributed by atoms with Crippen LogP contribution in [0.1, 0.15) is 64.8 Å². The summed E-state index contributed by atoms with van der Waals surface area (Å²) in [5, 5.41) is 5.76. The van der Waals surface area contributed by atoms with Crippen molar-refractivity contribution in [2.45, 2.75) is 68.8 Å². The van der Waals surface area contributed by atoms with Crippen LogP contribution in [0, 0.1) is 0 Å². The van der Waals surface area contributed by atoms with Crippen molar-refractivity contribution in [3.63, 3.8) is 0 Å². The Hall–Kier alpha value is -2.62. The minimum Gasteiger partial charge on any atom is -0.375 e. The lowest BCUT2D eigenvalue weighted by atomic mass is 9.71. The minimum atomic E-state index is -0.945. The van der Waals surface area contributed by atoms with Gasteiger partial charge in [0.1, 0.15) is 6.04 Å². The van der Waals surface area contributed by atoms with E-state index in [1.807, 2.05) is 6.07 Å². The van der Waals surface area contributed by atoms with Crippen LogP contribution in [0.25, 0.3) is 0 Å². The van der Waals surface area contributed by atoms with Gasteiger partial charge in [0.2, 0.25) is 11.8 Å². The number of fused-ring (bicyclic) bond motifs is 1. The molecule has 1 aliphatic carbocycles. The number of ether oxygens (including phenoxy) is 1. The Morgan fingerprint density at radius 3 is 2.61 bits per heavy atom. The number of benzene rings is 1. The fourth-order valence-corrected chi connectivity index (χ4v) is 5.27. The number of hydrogen-bond acceptors (Lipinski definition) is 7. The molecule has 4 amide bonds. The van der Waals surface area contributed by atoms with Crippen molar-refractivity contribution >= 4 is 23.6 Å². The van der Waals surface area contributed by atoms with Crippen LogP contribution >= 0.6 is 0 Å². The molecule has 1 saturated carbocycles. The molecule has 1 aromatic rings. The second kappa shape index (κ2) is 7.51. The van der Waals surface area contributed by atoms with Gasteiger partial charge in [0.15, 0.2) is 0 Å². The highest BCUT2D eigenvalue weighted by atomic mass is 16.5. The van der Waals surface area contributed by atoms with Gasteiger partial charge in [-0.3, -0.25) is 29.4 Å². The SMILES string of the molecule is NC1CC2(C1)CC(NCc1ccc3c(c1)C(=O)N(C1CCC(=O)NC1=O)C3=O)CCO2. The number of amides is 4. The molecule has 31 heavy (non-hydrogen) atoms. The van der Waals surface area contributed by atoms with Gasteiger partial charge >= 0.3 is 0 Å². The van der Waals surface area contributed by atoms with Gasteiger partial charge in [-0.15, -0.1) is 0 Å². The van der Waals surface area contributed by atoms with Gasteiger partial charge in [0, 0.05) is 31.7 Å². The lowest BCUT2D eigenvalue weighted by molar-refractivity contribution is -0.143. The summed E-state index contributed by atoms with van der Waals surface area (Å²) in [5.41, 5.74) is 7.37. The Morgan fingerprint density at radius 1 is 1.10 bits per heavy atom. The first kappa shape index (κ1) is 20.3. The van der Waals surface area contributed by atoms with Gasteiger partial charge in [-0.25, -0.2) is 0 Å². The van der Waals surface area contributed by atoms with Crippen LogP contribution in [-0.4, -0.2) is 58.9 Å². The van der Waals surface area contributed by atoms with E-state index >= 15 is 0 Å². The molecule has 2 saturated heterocycles. The second-order valence-corrected chi connectivity index (χ2v) is 9.10. The van der Waals surface area contributed by atoms with E-state index in [-0.39, 0.29) is 30.4 Å². The Balaban J connectivity index is 1.26. The normalized spacial score (nSPS) is 32.8. The predicted molar refractivity (Wildman–Crippen MR) is 109 cm³/mol. The second-order valence-electron chi connectivity index (χ2n) is 9.10. The van der Waals surface area contributed by atoms with Crippen LogP contribution < -0.4 is 16.4 Å². The van der Waals surface area contributed by atoms with Gasteiger partial charge in [0.05, 0.1) is 16.7 Å². The van der Waals surface area contributed by atoms with E-state index in [1.54, 1.807) is 12.1 Å². The molecule has 2 atom stereocenters. The number of hydrogen-bond donors (Lipinski definition) is 3. The third kappa shape index (κ3) is 3.56. The molecular formula is C22H26N4O5. The van der Waals surface area contributed by atoms with Crippen LogP contribution in [0.3, 0.4) is 0 Å². The molecular weight excluding hydrogens is 400 g/mol. The molecule has 3 heterocycles. The lowest BCUT2D eigenvalue weighted by Crippen LogP contribution is -2.58. The minimum absolute atomic E-state index is 0.0852. The quantitative estimate of drug-likeness (QED) is 0.587. The van der Waals surface area contributed by atoms with E-state index in [1.165, 1.54) is 0 Å². The maximum Gasteiger partial charge on any atom is 0.262 e. The Morgan fingerprint density at radius 2 is 1.87 bits per heavy atom. The molecule has 3 fully saturated rings. The predicted octanol–water partition coefficient (Wildman–Crippen LogP) is 0.216.